The SMILES string of the molecule is C=CC(=O)OCC[SiH2]COC. The van der Waals surface area contributed by atoms with E-state index >= 15 is 0 Å². The van der Waals surface area contributed by atoms with E-state index in [0.717, 1.165) is 12.3 Å². The molecular weight excluding hydrogens is 160 g/mol. The van der Waals surface area contributed by atoms with Gasteiger partial charge in [-0.05, 0) is 6.04 Å². The number of methoxy groups -OCH3 is 1. The van der Waals surface area contributed by atoms with Crippen LogP contribution in [0.3, 0.4) is 0 Å². The van der Waals surface area contributed by atoms with Crippen molar-refractivity contribution in [2.24, 2.45) is 0 Å². The topological polar surface area (TPSA) is 35.5 Å². The second-order valence-electron chi connectivity index (χ2n) is 2.07. The highest BCUT2D eigenvalue weighted by molar-refractivity contribution is 6.35. The number of ether oxygens (including phenoxy) is 2. The molecule has 0 aliphatic heterocycles. The molecule has 0 rings (SSSR count). The molecule has 3 nitrogen and oxygen atoms in total. The lowest BCUT2D eigenvalue weighted by Crippen LogP contribution is -2.07. The minimum Gasteiger partial charge on any atom is -0.463 e. The molecule has 4 heteroatoms. The largest absolute Gasteiger partial charge is 0.463 e. The summed E-state index contributed by atoms with van der Waals surface area (Å²) in [5, 5.41) is 0. The number of hydrogen-bond donors (Lipinski definition) is 0. The van der Waals surface area contributed by atoms with E-state index < -0.39 is 0 Å². The van der Waals surface area contributed by atoms with Crippen LogP contribution in [-0.2, 0) is 14.3 Å². The maximum Gasteiger partial charge on any atom is 0.330 e. The number of rotatable bonds is 6. The zero-order chi connectivity index (χ0) is 8.53. The minimum absolute atomic E-state index is 0.173. The van der Waals surface area contributed by atoms with E-state index in [9.17, 15) is 4.79 Å². The third-order valence-corrected chi connectivity index (χ3v) is 2.64. The summed E-state index contributed by atoms with van der Waals surface area (Å²) in [5.41, 5.74) is 0. The van der Waals surface area contributed by atoms with Gasteiger partial charge < -0.3 is 9.47 Å². The molecule has 11 heavy (non-hydrogen) atoms. The summed E-state index contributed by atoms with van der Waals surface area (Å²) < 4.78 is 9.64. The molecule has 0 aromatic carbocycles. The zero-order valence-electron chi connectivity index (χ0n) is 6.84. The highest BCUT2D eigenvalue weighted by Gasteiger charge is 1.94. The summed E-state index contributed by atoms with van der Waals surface area (Å²) in [7, 11) is 1.51. The molecule has 0 unspecified atom stereocenters. The normalized spacial score (nSPS) is 10.3. The van der Waals surface area contributed by atoms with Crippen molar-refractivity contribution >= 4 is 15.5 Å². The van der Waals surface area contributed by atoms with Crippen molar-refractivity contribution in [3.63, 3.8) is 0 Å². The first-order valence-corrected chi connectivity index (χ1v) is 5.59. The van der Waals surface area contributed by atoms with E-state index in [1.807, 2.05) is 0 Å². The van der Waals surface area contributed by atoms with Gasteiger partial charge in [-0.2, -0.15) is 0 Å². The molecule has 0 aromatic rings. The van der Waals surface area contributed by atoms with Crippen LogP contribution in [-0.4, -0.2) is 35.4 Å². The van der Waals surface area contributed by atoms with E-state index in [4.69, 9.17) is 9.47 Å². The summed E-state index contributed by atoms with van der Waals surface area (Å²) in [6.07, 6.45) is 2.03. The van der Waals surface area contributed by atoms with Crippen molar-refractivity contribution < 1.29 is 14.3 Å². The molecule has 0 radical (unpaired) electrons. The first-order valence-electron chi connectivity index (χ1n) is 3.59. The number of hydrogen-bond acceptors (Lipinski definition) is 3. The molecule has 0 aliphatic carbocycles. The van der Waals surface area contributed by atoms with Gasteiger partial charge in [-0.15, -0.1) is 0 Å². The van der Waals surface area contributed by atoms with Crippen LogP contribution < -0.4 is 0 Å². The Morgan fingerprint density at radius 3 is 3.00 bits per heavy atom. The van der Waals surface area contributed by atoms with Gasteiger partial charge in [0.1, 0.15) is 0 Å². The molecule has 0 N–H and O–H groups in total. The number of carbonyl (C=O) groups is 1. The Kier molecular flexibility index (Phi) is 7.08. The number of esters is 1. The summed E-state index contributed by atoms with van der Waals surface area (Å²) >= 11 is 0. The van der Waals surface area contributed by atoms with Crippen LogP contribution >= 0.6 is 0 Å². The highest BCUT2D eigenvalue weighted by atomic mass is 28.2. The van der Waals surface area contributed by atoms with Gasteiger partial charge in [0.2, 0.25) is 0 Å². The van der Waals surface area contributed by atoms with Gasteiger partial charge in [0.05, 0.1) is 16.1 Å². The molecule has 0 amide bonds. The fourth-order valence-corrected chi connectivity index (χ4v) is 1.42. The van der Waals surface area contributed by atoms with Crippen LogP contribution in [0.2, 0.25) is 6.04 Å². The van der Waals surface area contributed by atoms with Crippen LogP contribution in [0.5, 0.6) is 0 Å². The molecule has 0 fully saturated rings. The fraction of sp³-hybridized carbons (Fsp3) is 0.571. The van der Waals surface area contributed by atoms with E-state index in [2.05, 4.69) is 6.58 Å². The van der Waals surface area contributed by atoms with Crippen LogP contribution in [0.4, 0.5) is 0 Å². The third-order valence-electron chi connectivity index (χ3n) is 1.15. The molecule has 0 bridgehead atoms. The highest BCUT2D eigenvalue weighted by Crippen LogP contribution is 1.84. The lowest BCUT2D eigenvalue weighted by Gasteiger charge is -1.99. The summed E-state index contributed by atoms with van der Waals surface area (Å²) in [4.78, 5) is 10.5. The molecule has 0 aliphatic rings. The first-order chi connectivity index (χ1) is 5.31. The average molecular weight is 174 g/mol. The maximum atomic E-state index is 10.5. The molecule has 0 spiro atoms. The maximum absolute atomic E-state index is 10.5. The Labute approximate surface area is 69.2 Å². The van der Waals surface area contributed by atoms with Gasteiger partial charge in [0.25, 0.3) is 0 Å². The molecule has 0 atom stereocenters. The zero-order valence-corrected chi connectivity index (χ0v) is 8.25. The predicted octanol–water partition coefficient (Wildman–Crippen LogP) is -0.0934. The van der Waals surface area contributed by atoms with Gasteiger partial charge in [0, 0.05) is 19.4 Å². The van der Waals surface area contributed by atoms with Crippen molar-refractivity contribution in [2.75, 3.05) is 19.9 Å². The van der Waals surface area contributed by atoms with E-state index in [0.29, 0.717) is 6.61 Å². The van der Waals surface area contributed by atoms with Crippen molar-refractivity contribution in [1.29, 1.82) is 0 Å². The van der Waals surface area contributed by atoms with Gasteiger partial charge in [-0.25, -0.2) is 4.79 Å². The molecule has 0 heterocycles. The van der Waals surface area contributed by atoms with Gasteiger partial charge >= 0.3 is 5.97 Å². The molecule has 64 valence electrons. The lowest BCUT2D eigenvalue weighted by molar-refractivity contribution is -0.137. The van der Waals surface area contributed by atoms with Gasteiger partial charge in [0.15, 0.2) is 0 Å². The monoisotopic (exact) mass is 174 g/mol. The van der Waals surface area contributed by atoms with Crippen LogP contribution in [0.15, 0.2) is 12.7 Å². The molecule has 0 saturated heterocycles. The van der Waals surface area contributed by atoms with E-state index in [-0.39, 0.29) is 15.5 Å². The second-order valence-corrected chi connectivity index (χ2v) is 3.89. The third kappa shape index (κ3) is 7.28. The van der Waals surface area contributed by atoms with Crippen LogP contribution in [0, 0.1) is 0 Å². The van der Waals surface area contributed by atoms with Gasteiger partial charge in [-0.1, -0.05) is 6.58 Å². The lowest BCUT2D eigenvalue weighted by atomic mass is 10.6. The summed E-state index contributed by atoms with van der Waals surface area (Å²) in [6.45, 7) is 3.80. The Balaban J connectivity index is 3.01. The van der Waals surface area contributed by atoms with E-state index in [1.54, 1.807) is 7.11 Å². The van der Waals surface area contributed by atoms with E-state index in [1.165, 1.54) is 6.08 Å². The minimum atomic E-state index is -0.337. The Morgan fingerprint density at radius 2 is 2.45 bits per heavy atom. The Morgan fingerprint density at radius 1 is 1.73 bits per heavy atom. The second kappa shape index (κ2) is 7.49. The van der Waals surface area contributed by atoms with Gasteiger partial charge in [-0.3, -0.25) is 0 Å². The Bertz CT molecular complexity index is 125. The molecular formula is C7H14O3Si. The standard InChI is InChI=1S/C7H14O3Si/c1-3-7(8)10-4-5-11-6-9-2/h3H,1,4-6,11H2,2H3. The number of carbonyl (C=O) groups excluding carboxylic acids is 1. The van der Waals surface area contributed by atoms with Crippen LogP contribution in [0.25, 0.3) is 0 Å². The Hall–Kier alpha value is -0.613. The quantitative estimate of drug-likeness (QED) is 0.244. The first kappa shape index (κ1) is 10.4. The summed E-state index contributed by atoms with van der Waals surface area (Å²) in [6, 6.07) is 0.980. The molecule has 0 saturated carbocycles. The van der Waals surface area contributed by atoms with Crippen molar-refractivity contribution in [3.05, 3.63) is 12.7 Å². The smallest absolute Gasteiger partial charge is 0.330 e. The predicted molar refractivity (Wildman–Crippen MR) is 46.4 cm³/mol. The molecule has 0 aromatic heterocycles. The average Bonchev–Trinajstić information content (AvgIpc) is 2.04. The fourth-order valence-electron chi connectivity index (χ4n) is 0.580. The van der Waals surface area contributed by atoms with Crippen LogP contribution in [0.1, 0.15) is 0 Å². The van der Waals surface area contributed by atoms with Crippen molar-refractivity contribution in [3.8, 4) is 0 Å². The van der Waals surface area contributed by atoms with Crippen molar-refractivity contribution in [2.45, 2.75) is 6.04 Å². The van der Waals surface area contributed by atoms with Crippen molar-refractivity contribution in [1.82, 2.24) is 0 Å². The summed E-state index contributed by atoms with van der Waals surface area (Å²) in [5.74, 6) is -0.337.